The van der Waals surface area contributed by atoms with Gasteiger partial charge in [0, 0.05) is 30.3 Å². The first kappa shape index (κ1) is 14.8. The summed E-state index contributed by atoms with van der Waals surface area (Å²) in [6.07, 6.45) is 3.53. The summed E-state index contributed by atoms with van der Waals surface area (Å²) < 4.78 is 2.17. The molecule has 23 heavy (non-hydrogen) atoms. The van der Waals surface area contributed by atoms with Crippen LogP contribution in [0.5, 0.6) is 0 Å². The minimum atomic E-state index is 0.000328. The number of carbonyl (C=O) groups is 1. The van der Waals surface area contributed by atoms with Gasteiger partial charge in [-0.3, -0.25) is 4.79 Å². The molecular weight excluding hydrogens is 308 g/mol. The number of nitrogens with one attached hydrogen (secondary N) is 1. The lowest BCUT2D eigenvalue weighted by Crippen LogP contribution is -2.44. The zero-order chi connectivity index (χ0) is 15.8. The third-order valence-corrected chi connectivity index (χ3v) is 5.94. The molecule has 1 aromatic heterocycles. The van der Waals surface area contributed by atoms with E-state index in [1.807, 2.05) is 12.1 Å². The highest BCUT2D eigenvalue weighted by Gasteiger charge is 2.30. The maximum absolute atomic E-state index is 12.6. The van der Waals surface area contributed by atoms with E-state index in [2.05, 4.69) is 39.1 Å². The van der Waals surface area contributed by atoms with Crippen molar-refractivity contribution < 1.29 is 4.79 Å². The van der Waals surface area contributed by atoms with Crippen molar-refractivity contribution in [2.45, 2.75) is 55.3 Å². The minimum Gasteiger partial charge on any atom is -0.351 e. The second-order valence-corrected chi connectivity index (χ2v) is 7.40. The van der Waals surface area contributed by atoms with E-state index >= 15 is 0 Å². The van der Waals surface area contributed by atoms with E-state index < -0.39 is 0 Å². The summed E-state index contributed by atoms with van der Waals surface area (Å²) in [5.41, 5.74) is 1.29. The Bertz CT molecular complexity index is 703. The predicted molar refractivity (Wildman–Crippen MR) is 89.4 cm³/mol. The quantitative estimate of drug-likeness (QED) is 0.936. The Morgan fingerprint density at radius 3 is 3.09 bits per heavy atom. The summed E-state index contributed by atoms with van der Waals surface area (Å²) in [5, 5.41) is 11.7. The van der Waals surface area contributed by atoms with Gasteiger partial charge in [-0.05, 0) is 24.5 Å². The number of aromatic nitrogens is 3. The van der Waals surface area contributed by atoms with Crippen LogP contribution in [0, 0.1) is 0 Å². The van der Waals surface area contributed by atoms with Gasteiger partial charge in [-0.15, -0.1) is 22.0 Å². The number of rotatable bonds is 3. The number of hydrogen-bond donors (Lipinski definition) is 1. The predicted octanol–water partition coefficient (Wildman–Crippen LogP) is 1.99. The van der Waals surface area contributed by atoms with Crippen molar-refractivity contribution in [1.82, 2.24) is 20.1 Å². The molecule has 0 radical (unpaired) electrons. The van der Waals surface area contributed by atoms with Crippen LogP contribution in [0.2, 0.25) is 0 Å². The van der Waals surface area contributed by atoms with Crippen LogP contribution in [0.4, 0.5) is 0 Å². The molecule has 0 saturated heterocycles. The Labute approximate surface area is 139 Å². The van der Waals surface area contributed by atoms with Gasteiger partial charge in [-0.1, -0.05) is 25.1 Å². The molecule has 3 heterocycles. The fraction of sp³-hybridized carbons (Fsp3) is 0.471. The minimum absolute atomic E-state index is 0.000328. The number of amides is 1. The van der Waals surface area contributed by atoms with Gasteiger partial charge in [-0.2, -0.15) is 0 Å². The Morgan fingerprint density at radius 2 is 2.26 bits per heavy atom. The number of thioether (sulfide) groups is 1. The molecule has 0 unspecified atom stereocenters. The summed E-state index contributed by atoms with van der Waals surface area (Å²) in [4.78, 5) is 13.9. The molecule has 120 valence electrons. The van der Waals surface area contributed by atoms with E-state index in [-0.39, 0.29) is 17.2 Å². The third-order valence-electron chi connectivity index (χ3n) is 4.63. The Hall–Kier alpha value is -1.82. The van der Waals surface area contributed by atoms with Crippen molar-refractivity contribution >= 4 is 17.7 Å². The van der Waals surface area contributed by atoms with Crippen molar-refractivity contribution in [2.75, 3.05) is 0 Å². The van der Waals surface area contributed by atoms with Crippen molar-refractivity contribution in [3.8, 4) is 0 Å². The molecule has 5 nitrogen and oxygen atoms in total. The maximum Gasteiger partial charge on any atom is 0.234 e. The summed E-state index contributed by atoms with van der Waals surface area (Å²) in [6.45, 7) is 2.88. The second kappa shape index (κ2) is 6.00. The van der Waals surface area contributed by atoms with Crippen LogP contribution in [-0.2, 0) is 30.6 Å². The smallest absolute Gasteiger partial charge is 0.234 e. The summed E-state index contributed by atoms with van der Waals surface area (Å²) >= 11 is 1.68. The SMILES string of the molecule is CCc1nnc2n1C[C@@H](NC(=O)[C@H]1Cc3ccccc3S1)CC2. The van der Waals surface area contributed by atoms with Crippen LogP contribution in [0.25, 0.3) is 0 Å². The number of carbonyl (C=O) groups excluding carboxylic acids is 1. The third kappa shape index (κ3) is 2.76. The van der Waals surface area contributed by atoms with Crippen molar-refractivity contribution in [2.24, 2.45) is 0 Å². The number of hydrogen-bond acceptors (Lipinski definition) is 4. The van der Waals surface area contributed by atoms with Crippen molar-refractivity contribution in [3.63, 3.8) is 0 Å². The highest BCUT2D eigenvalue weighted by atomic mass is 32.2. The van der Waals surface area contributed by atoms with Gasteiger partial charge < -0.3 is 9.88 Å². The Balaban J connectivity index is 1.41. The number of nitrogens with zero attached hydrogens (tertiary/aromatic N) is 3. The molecule has 1 N–H and O–H groups in total. The molecule has 0 saturated carbocycles. The molecule has 2 aromatic rings. The van der Waals surface area contributed by atoms with Crippen LogP contribution in [0.1, 0.15) is 30.6 Å². The fourth-order valence-electron chi connectivity index (χ4n) is 3.38. The van der Waals surface area contributed by atoms with Gasteiger partial charge in [-0.25, -0.2) is 0 Å². The van der Waals surface area contributed by atoms with Crippen molar-refractivity contribution in [3.05, 3.63) is 41.5 Å². The average molecular weight is 328 g/mol. The molecule has 0 bridgehead atoms. The summed E-state index contributed by atoms with van der Waals surface area (Å²) in [6, 6.07) is 8.48. The maximum atomic E-state index is 12.6. The molecule has 2 aliphatic heterocycles. The molecular formula is C17H20N4OS. The van der Waals surface area contributed by atoms with Gasteiger partial charge in [0.2, 0.25) is 5.91 Å². The molecule has 1 amide bonds. The second-order valence-electron chi connectivity index (χ2n) is 6.16. The number of fused-ring (bicyclic) bond motifs is 2. The molecule has 2 aliphatic rings. The monoisotopic (exact) mass is 328 g/mol. The zero-order valence-corrected chi connectivity index (χ0v) is 14.0. The van der Waals surface area contributed by atoms with Gasteiger partial charge >= 0.3 is 0 Å². The fourth-order valence-corrected chi connectivity index (χ4v) is 4.59. The molecule has 6 heteroatoms. The van der Waals surface area contributed by atoms with E-state index in [4.69, 9.17) is 0 Å². The van der Waals surface area contributed by atoms with E-state index in [1.54, 1.807) is 11.8 Å². The summed E-state index contributed by atoms with van der Waals surface area (Å²) in [7, 11) is 0. The van der Waals surface area contributed by atoms with Crippen LogP contribution in [-0.4, -0.2) is 32.0 Å². The van der Waals surface area contributed by atoms with Gasteiger partial charge in [0.15, 0.2) is 0 Å². The van der Waals surface area contributed by atoms with Crippen LogP contribution < -0.4 is 5.32 Å². The van der Waals surface area contributed by atoms with E-state index in [0.717, 1.165) is 43.9 Å². The lowest BCUT2D eigenvalue weighted by Gasteiger charge is -2.26. The standard InChI is InChI=1S/C17H20N4OS/c1-2-15-19-20-16-8-7-12(10-21(15)16)18-17(22)14-9-11-5-3-4-6-13(11)23-14/h3-6,12,14H,2,7-10H2,1H3,(H,18,22)/t12-,14+/m0/s1. The Morgan fingerprint density at radius 1 is 1.39 bits per heavy atom. The highest BCUT2D eigenvalue weighted by Crippen LogP contribution is 2.36. The van der Waals surface area contributed by atoms with Crippen molar-refractivity contribution in [1.29, 1.82) is 0 Å². The van der Waals surface area contributed by atoms with E-state index in [9.17, 15) is 4.79 Å². The number of aryl methyl sites for hydroxylation is 2. The first-order chi connectivity index (χ1) is 11.2. The Kier molecular flexibility index (Phi) is 3.85. The van der Waals surface area contributed by atoms with E-state index in [1.165, 1.54) is 10.5 Å². The zero-order valence-electron chi connectivity index (χ0n) is 13.2. The van der Waals surface area contributed by atoms with Gasteiger partial charge in [0.1, 0.15) is 11.6 Å². The van der Waals surface area contributed by atoms with E-state index in [0.29, 0.717) is 0 Å². The largest absolute Gasteiger partial charge is 0.351 e. The molecule has 2 atom stereocenters. The van der Waals surface area contributed by atoms with Gasteiger partial charge in [0.25, 0.3) is 0 Å². The molecule has 4 rings (SSSR count). The first-order valence-corrected chi connectivity index (χ1v) is 9.08. The van der Waals surface area contributed by atoms with Crippen LogP contribution in [0.15, 0.2) is 29.2 Å². The first-order valence-electron chi connectivity index (χ1n) is 8.20. The van der Waals surface area contributed by atoms with Crippen LogP contribution in [0.3, 0.4) is 0 Å². The normalized spacial score (nSPS) is 22.5. The van der Waals surface area contributed by atoms with Gasteiger partial charge in [0.05, 0.1) is 5.25 Å². The average Bonchev–Trinajstić information content (AvgIpc) is 3.18. The molecule has 1 aromatic carbocycles. The lowest BCUT2D eigenvalue weighted by atomic mass is 10.1. The molecule has 0 spiro atoms. The lowest BCUT2D eigenvalue weighted by molar-refractivity contribution is -0.121. The van der Waals surface area contributed by atoms with Crippen LogP contribution >= 0.6 is 11.8 Å². The molecule has 0 aliphatic carbocycles. The highest BCUT2D eigenvalue weighted by molar-refractivity contribution is 8.01. The molecule has 0 fully saturated rings. The topological polar surface area (TPSA) is 59.8 Å². The number of benzene rings is 1. The summed E-state index contributed by atoms with van der Waals surface area (Å²) in [5.74, 6) is 2.22.